The summed E-state index contributed by atoms with van der Waals surface area (Å²) in [5, 5.41) is 11.7. The molecule has 148 valence electrons. The van der Waals surface area contributed by atoms with Gasteiger partial charge in [0.2, 0.25) is 0 Å². The van der Waals surface area contributed by atoms with Crippen LogP contribution in [0.3, 0.4) is 0 Å². The van der Waals surface area contributed by atoms with Gasteiger partial charge < -0.3 is 14.8 Å². The van der Waals surface area contributed by atoms with Crippen molar-refractivity contribution in [3.8, 4) is 6.07 Å². The summed E-state index contributed by atoms with van der Waals surface area (Å²) in [6.07, 6.45) is 1.38. The largest absolute Gasteiger partial charge is 0.462 e. The molecule has 0 aliphatic rings. The van der Waals surface area contributed by atoms with Gasteiger partial charge in [0.25, 0.3) is 5.91 Å². The van der Waals surface area contributed by atoms with E-state index in [1.54, 1.807) is 37.3 Å². The first kappa shape index (κ1) is 21.4. The van der Waals surface area contributed by atoms with E-state index in [1.165, 1.54) is 18.2 Å². The van der Waals surface area contributed by atoms with Crippen LogP contribution in [0.5, 0.6) is 0 Å². The number of hydrogen-bond donors (Lipinski definition) is 1. The molecule has 0 atom stereocenters. The van der Waals surface area contributed by atoms with E-state index in [-0.39, 0.29) is 23.4 Å². The van der Waals surface area contributed by atoms with E-state index in [0.29, 0.717) is 5.56 Å². The van der Waals surface area contributed by atoms with E-state index in [0.717, 1.165) is 5.56 Å². The number of carbonyl (C=O) groups excluding carboxylic acids is 3. The Morgan fingerprint density at radius 2 is 1.76 bits per heavy atom. The summed E-state index contributed by atoms with van der Waals surface area (Å²) in [7, 11) is 0. The van der Waals surface area contributed by atoms with E-state index in [2.05, 4.69) is 5.32 Å². The van der Waals surface area contributed by atoms with Crippen LogP contribution in [0, 0.1) is 18.3 Å². The third-order valence-corrected chi connectivity index (χ3v) is 3.76. The number of rotatable bonds is 7. The zero-order valence-corrected chi connectivity index (χ0v) is 16.1. The molecule has 0 radical (unpaired) electrons. The molecule has 0 aliphatic heterocycles. The second kappa shape index (κ2) is 10.4. The van der Waals surface area contributed by atoms with Crippen molar-refractivity contribution in [2.75, 3.05) is 18.5 Å². The van der Waals surface area contributed by atoms with Crippen molar-refractivity contribution in [3.05, 3.63) is 70.8 Å². The monoisotopic (exact) mass is 392 g/mol. The number of nitrogens with one attached hydrogen (secondary N) is 1. The minimum Gasteiger partial charge on any atom is -0.462 e. The lowest BCUT2D eigenvalue weighted by atomic mass is 10.1. The summed E-state index contributed by atoms with van der Waals surface area (Å²) in [6, 6.07) is 15.3. The molecule has 2 aromatic rings. The second-order valence-electron chi connectivity index (χ2n) is 5.97. The van der Waals surface area contributed by atoms with Gasteiger partial charge in [-0.1, -0.05) is 42.0 Å². The molecule has 29 heavy (non-hydrogen) atoms. The molecule has 0 spiro atoms. The van der Waals surface area contributed by atoms with Crippen LogP contribution in [0.25, 0.3) is 6.08 Å². The average Bonchev–Trinajstić information content (AvgIpc) is 2.72. The topological polar surface area (TPSA) is 105 Å². The first-order chi connectivity index (χ1) is 13.9. The highest BCUT2D eigenvalue weighted by molar-refractivity contribution is 6.03. The lowest BCUT2D eigenvalue weighted by Gasteiger charge is -2.10. The van der Waals surface area contributed by atoms with Crippen LogP contribution in [-0.4, -0.2) is 31.1 Å². The number of esters is 2. The Morgan fingerprint density at radius 3 is 2.41 bits per heavy atom. The molecule has 2 rings (SSSR count). The molecular weight excluding hydrogens is 372 g/mol. The molecule has 0 unspecified atom stereocenters. The van der Waals surface area contributed by atoms with Crippen molar-refractivity contribution in [2.24, 2.45) is 0 Å². The molecule has 2 aromatic carbocycles. The van der Waals surface area contributed by atoms with Crippen molar-refractivity contribution in [2.45, 2.75) is 13.8 Å². The van der Waals surface area contributed by atoms with Gasteiger partial charge in [-0.05, 0) is 37.6 Å². The molecule has 1 amide bonds. The number of hydrogen-bond acceptors (Lipinski definition) is 6. The van der Waals surface area contributed by atoms with Crippen LogP contribution in [0.15, 0.2) is 54.1 Å². The smallest absolute Gasteiger partial charge is 0.349 e. The molecule has 1 N–H and O–H groups in total. The fraction of sp³-hybridized carbons (Fsp3) is 0.182. The Kier molecular flexibility index (Phi) is 7.68. The van der Waals surface area contributed by atoms with Crippen LogP contribution < -0.4 is 5.32 Å². The molecule has 0 aromatic heterocycles. The summed E-state index contributed by atoms with van der Waals surface area (Å²) < 4.78 is 9.85. The highest BCUT2D eigenvalue weighted by Crippen LogP contribution is 2.16. The molecule has 7 nitrogen and oxygen atoms in total. The van der Waals surface area contributed by atoms with Gasteiger partial charge in [-0.25, -0.2) is 9.59 Å². The standard InChI is InChI=1S/C22H20N2O5/c1-3-28-22(27)18-6-4-5-7-19(18)24-20(25)14-29-21(26)17(13-23)12-16-10-8-15(2)9-11-16/h4-12H,3,14H2,1-2H3,(H,24,25)/b17-12+. The predicted octanol–water partition coefficient (Wildman–Crippen LogP) is 3.26. The van der Waals surface area contributed by atoms with Crippen molar-refractivity contribution < 1.29 is 23.9 Å². The second-order valence-corrected chi connectivity index (χ2v) is 5.97. The third-order valence-electron chi connectivity index (χ3n) is 3.76. The Morgan fingerprint density at radius 1 is 1.07 bits per heavy atom. The number of anilines is 1. The molecule has 7 heteroatoms. The van der Waals surface area contributed by atoms with Crippen molar-refractivity contribution in [3.63, 3.8) is 0 Å². The van der Waals surface area contributed by atoms with E-state index in [4.69, 9.17) is 9.47 Å². The fourth-order valence-corrected chi connectivity index (χ4v) is 2.34. The minimum atomic E-state index is -0.915. The van der Waals surface area contributed by atoms with Crippen molar-refractivity contribution in [1.29, 1.82) is 5.26 Å². The molecule has 0 heterocycles. The van der Waals surface area contributed by atoms with E-state index < -0.39 is 24.5 Å². The van der Waals surface area contributed by atoms with Gasteiger partial charge in [-0.2, -0.15) is 5.26 Å². The Bertz CT molecular complexity index is 971. The number of ether oxygens (including phenoxy) is 2. The summed E-state index contributed by atoms with van der Waals surface area (Å²) in [5.41, 5.74) is 1.90. The van der Waals surface area contributed by atoms with E-state index in [9.17, 15) is 19.6 Å². The summed E-state index contributed by atoms with van der Waals surface area (Å²) in [5.74, 6) is -2.14. The zero-order valence-electron chi connectivity index (χ0n) is 16.1. The molecular formula is C22H20N2O5. The maximum absolute atomic E-state index is 12.1. The van der Waals surface area contributed by atoms with E-state index in [1.807, 2.05) is 19.1 Å². The van der Waals surface area contributed by atoms with Gasteiger partial charge in [0.15, 0.2) is 6.61 Å². The first-order valence-corrected chi connectivity index (χ1v) is 8.86. The Balaban J connectivity index is 2.00. The molecule has 0 fully saturated rings. The predicted molar refractivity (Wildman–Crippen MR) is 107 cm³/mol. The number of para-hydroxylation sites is 1. The quantitative estimate of drug-likeness (QED) is 0.440. The van der Waals surface area contributed by atoms with Crippen LogP contribution >= 0.6 is 0 Å². The van der Waals surface area contributed by atoms with Crippen LogP contribution in [0.4, 0.5) is 5.69 Å². The number of nitrogens with zero attached hydrogens (tertiary/aromatic N) is 1. The van der Waals surface area contributed by atoms with Crippen LogP contribution in [-0.2, 0) is 19.1 Å². The van der Waals surface area contributed by atoms with Gasteiger partial charge in [-0.15, -0.1) is 0 Å². The van der Waals surface area contributed by atoms with E-state index >= 15 is 0 Å². The number of benzene rings is 2. The van der Waals surface area contributed by atoms with Gasteiger partial charge in [0.05, 0.1) is 17.9 Å². The highest BCUT2D eigenvalue weighted by atomic mass is 16.5. The summed E-state index contributed by atoms with van der Waals surface area (Å²) in [6.45, 7) is 3.19. The van der Waals surface area contributed by atoms with Gasteiger partial charge in [0, 0.05) is 0 Å². The summed E-state index contributed by atoms with van der Waals surface area (Å²) in [4.78, 5) is 36.1. The third kappa shape index (κ3) is 6.33. The first-order valence-electron chi connectivity index (χ1n) is 8.86. The minimum absolute atomic E-state index is 0.186. The fourth-order valence-electron chi connectivity index (χ4n) is 2.34. The Hall–Kier alpha value is -3.92. The van der Waals surface area contributed by atoms with Crippen LogP contribution in [0.2, 0.25) is 0 Å². The lowest BCUT2D eigenvalue weighted by Crippen LogP contribution is -2.22. The summed E-state index contributed by atoms with van der Waals surface area (Å²) >= 11 is 0. The maximum Gasteiger partial charge on any atom is 0.349 e. The van der Waals surface area contributed by atoms with Gasteiger partial charge >= 0.3 is 11.9 Å². The zero-order chi connectivity index (χ0) is 21.2. The Labute approximate surface area is 168 Å². The SMILES string of the molecule is CCOC(=O)c1ccccc1NC(=O)COC(=O)/C(C#N)=C/c1ccc(C)cc1. The van der Waals surface area contributed by atoms with Crippen LogP contribution in [0.1, 0.15) is 28.4 Å². The average molecular weight is 392 g/mol. The van der Waals surface area contributed by atoms with Crippen molar-refractivity contribution in [1.82, 2.24) is 0 Å². The van der Waals surface area contributed by atoms with Crippen molar-refractivity contribution >= 4 is 29.6 Å². The lowest BCUT2D eigenvalue weighted by molar-refractivity contribution is -0.142. The molecule has 0 bridgehead atoms. The molecule has 0 saturated carbocycles. The maximum atomic E-state index is 12.1. The molecule has 0 aliphatic carbocycles. The van der Waals surface area contributed by atoms with Gasteiger partial charge in [0.1, 0.15) is 11.6 Å². The molecule has 0 saturated heterocycles. The highest BCUT2D eigenvalue weighted by Gasteiger charge is 2.16. The number of aryl methyl sites for hydroxylation is 1. The number of nitriles is 1. The number of amides is 1. The number of carbonyl (C=O) groups is 3. The normalized spacial score (nSPS) is 10.6. The van der Waals surface area contributed by atoms with Gasteiger partial charge in [-0.3, -0.25) is 4.79 Å².